The molecule has 3 nitrogen and oxygen atoms in total. The second-order valence-electron chi connectivity index (χ2n) is 4.22. The molecule has 2 heterocycles. The van der Waals surface area contributed by atoms with Crippen molar-refractivity contribution in [3.8, 4) is 22.8 Å². The van der Waals surface area contributed by atoms with E-state index in [2.05, 4.69) is 15.0 Å². The third-order valence-electron chi connectivity index (χ3n) is 2.82. The van der Waals surface area contributed by atoms with E-state index in [-0.39, 0.29) is 0 Å². The van der Waals surface area contributed by atoms with Gasteiger partial charge < -0.3 is 0 Å². The zero-order valence-electron chi connectivity index (χ0n) is 10.5. The van der Waals surface area contributed by atoms with Crippen molar-refractivity contribution in [1.82, 2.24) is 15.0 Å². The summed E-state index contributed by atoms with van der Waals surface area (Å²) >= 11 is 1.52. The standard InChI is InChI=1S/C14H8F3N3S/c15-14(16,17)11-3-1-9(2-4-11)12-18-8-19-13(20-12)10-5-6-21-7-10/h1-8H. The number of benzene rings is 1. The van der Waals surface area contributed by atoms with Crippen molar-refractivity contribution in [2.45, 2.75) is 6.18 Å². The highest BCUT2D eigenvalue weighted by Crippen LogP contribution is 2.30. The maximum absolute atomic E-state index is 12.5. The van der Waals surface area contributed by atoms with Crippen LogP contribution in [0.3, 0.4) is 0 Å². The molecule has 2 aromatic heterocycles. The first-order valence-electron chi connectivity index (χ1n) is 5.93. The molecule has 0 fully saturated rings. The molecule has 0 saturated heterocycles. The average molecular weight is 307 g/mol. The van der Waals surface area contributed by atoms with Crippen LogP contribution >= 0.6 is 11.3 Å². The van der Waals surface area contributed by atoms with Crippen LogP contribution in [0.4, 0.5) is 13.2 Å². The number of alkyl halides is 3. The topological polar surface area (TPSA) is 38.7 Å². The Morgan fingerprint density at radius 1 is 0.857 bits per heavy atom. The Morgan fingerprint density at radius 3 is 2.10 bits per heavy atom. The molecule has 0 aliphatic carbocycles. The van der Waals surface area contributed by atoms with Gasteiger partial charge in [0.1, 0.15) is 6.33 Å². The summed E-state index contributed by atoms with van der Waals surface area (Å²) in [6.07, 6.45) is -2.99. The first kappa shape index (κ1) is 13.7. The molecule has 0 aliphatic heterocycles. The van der Waals surface area contributed by atoms with Crippen LogP contribution in [0.1, 0.15) is 5.56 Å². The molecule has 106 valence electrons. The molecule has 3 rings (SSSR count). The second-order valence-corrected chi connectivity index (χ2v) is 5.00. The molecular weight excluding hydrogens is 299 g/mol. The van der Waals surface area contributed by atoms with Gasteiger partial charge in [0, 0.05) is 16.5 Å². The van der Waals surface area contributed by atoms with Crippen LogP contribution in [-0.2, 0) is 6.18 Å². The minimum Gasteiger partial charge on any atom is -0.217 e. The van der Waals surface area contributed by atoms with E-state index in [0.717, 1.165) is 17.7 Å². The van der Waals surface area contributed by atoms with Crippen molar-refractivity contribution in [1.29, 1.82) is 0 Å². The first-order valence-corrected chi connectivity index (χ1v) is 6.87. The molecule has 0 N–H and O–H groups in total. The second kappa shape index (κ2) is 5.25. The van der Waals surface area contributed by atoms with Crippen LogP contribution in [0.2, 0.25) is 0 Å². The molecule has 7 heteroatoms. The molecule has 0 unspecified atom stereocenters. The molecule has 0 saturated carbocycles. The highest BCUT2D eigenvalue weighted by molar-refractivity contribution is 7.08. The molecule has 3 aromatic rings. The Morgan fingerprint density at radius 2 is 1.52 bits per heavy atom. The van der Waals surface area contributed by atoms with Crippen molar-refractivity contribution in [2.24, 2.45) is 0 Å². The predicted octanol–water partition coefficient (Wildman–Crippen LogP) is 4.29. The Kier molecular flexibility index (Phi) is 3.42. The van der Waals surface area contributed by atoms with E-state index in [1.165, 1.54) is 29.8 Å². The molecule has 0 bridgehead atoms. The lowest BCUT2D eigenvalue weighted by Gasteiger charge is -2.07. The van der Waals surface area contributed by atoms with Gasteiger partial charge in [-0.2, -0.15) is 24.5 Å². The van der Waals surface area contributed by atoms with Crippen molar-refractivity contribution >= 4 is 11.3 Å². The van der Waals surface area contributed by atoms with Gasteiger partial charge >= 0.3 is 6.18 Å². The smallest absolute Gasteiger partial charge is 0.217 e. The third-order valence-corrected chi connectivity index (χ3v) is 3.50. The minimum atomic E-state index is -4.35. The first-order chi connectivity index (χ1) is 10.0. The van der Waals surface area contributed by atoms with E-state index in [1.807, 2.05) is 16.8 Å². The Balaban J connectivity index is 1.96. The predicted molar refractivity (Wildman–Crippen MR) is 73.6 cm³/mol. The van der Waals surface area contributed by atoms with E-state index >= 15 is 0 Å². The van der Waals surface area contributed by atoms with Gasteiger partial charge in [-0.15, -0.1) is 0 Å². The number of thiophene rings is 1. The van der Waals surface area contributed by atoms with Crippen LogP contribution < -0.4 is 0 Å². The summed E-state index contributed by atoms with van der Waals surface area (Å²) in [6, 6.07) is 6.62. The summed E-state index contributed by atoms with van der Waals surface area (Å²) in [6.45, 7) is 0. The van der Waals surface area contributed by atoms with E-state index in [1.54, 1.807) is 0 Å². The Labute approximate surface area is 122 Å². The monoisotopic (exact) mass is 307 g/mol. The number of nitrogens with zero attached hydrogens (tertiary/aromatic N) is 3. The summed E-state index contributed by atoms with van der Waals surface area (Å²) in [5.41, 5.74) is 0.677. The van der Waals surface area contributed by atoms with Gasteiger partial charge in [-0.3, -0.25) is 0 Å². The molecule has 0 atom stereocenters. The van der Waals surface area contributed by atoms with Gasteiger partial charge in [-0.25, -0.2) is 15.0 Å². The van der Waals surface area contributed by atoms with Crippen LogP contribution in [0.5, 0.6) is 0 Å². The lowest BCUT2D eigenvalue weighted by atomic mass is 10.1. The quantitative estimate of drug-likeness (QED) is 0.709. The fraction of sp³-hybridized carbons (Fsp3) is 0.0714. The fourth-order valence-electron chi connectivity index (χ4n) is 1.77. The lowest BCUT2D eigenvalue weighted by molar-refractivity contribution is -0.137. The van der Waals surface area contributed by atoms with Gasteiger partial charge in [0.15, 0.2) is 11.6 Å². The summed E-state index contributed by atoms with van der Waals surface area (Å²) in [7, 11) is 0. The molecular formula is C14H8F3N3S. The summed E-state index contributed by atoms with van der Waals surface area (Å²) in [5.74, 6) is 0.848. The number of rotatable bonds is 2. The van der Waals surface area contributed by atoms with Crippen molar-refractivity contribution in [3.05, 3.63) is 53.0 Å². The van der Waals surface area contributed by atoms with Crippen molar-refractivity contribution in [2.75, 3.05) is 0 Å². The maximum Gasteiger partial charge on any atom is 0.416 e. The summed E-state index contributed by atoms with van der Waals surface area (Å²) < 4.78 is 37.6. The number of halogens is 3. The highest BCUT2D eigenvalue weighted by Gasteiger charge is 2.30. The van der Waals surface area contributed by atoms with E-state index in [4.69, 9.17) is 0 Å². The van der Waals surface area contributed by atoms with E-state index in [9.17, 15) is 13.2 Å². The van der Waals surface area contributed by atoms with Gasteiger partial charge in [0.2, 0.25) is 0 Å². The number of hydrogen-bond acceptors (Lipinski definition) is 4. The third kappa shape index (κ3) is 2.92. The van der Waals surface area contributed by atoms with Crippen LogP contribution in [-0.4, -0.2) is 15.0 Å². The zero-order chi connectivity index (χ0) is 14.9. The Hall–Kier alpha value is -2.28. The minimum absolute atomic E-state index is 0.347. The van der Waals surface area contributed by atoms with Gasteiger partial charge in [-0.1, -0.05) is 12.1 Å². The molecule has 0 aliphatic rings. The van der Waals surface area contributed by atoms with Crippen LogP contribution in [0, 0.1) is 0 Å². The zero-order valence-corrected chi connectivity index (χ0v) is 11.3. The molecule has 0 spiro atoms. The Bertz CT molecular complexity index is 737. The maximum atomic E-state index is 12.5. The summed E-state index contributed by atoms with van der Waals surface area (Å²) in [4.78, 5) is 12.4. The SMILES string of the molecule is FC(F)(F)c1ccc(-c2ncnc(-c3ccsc3)n2)cc1. The van der Waals surface area contributed by atoms with Crippen molar-refractivity contribution in [3.63, 3.8) is 0 Å². The summed E-state index contributed by atoms with van der Waals surface area (Å²) in [5, 5.41) is 3.79. The van der Waals surface area contributed by atoms with Crippen LogP contribution in [0.15, 0.2) is 47.4 Å². The lowest BCUT2D eigenvalue weighted by Crippen LogP contribution is -2.04. The van der Waals surface area contributed by atoms with E-state index in [0.29, 0.717) is 17.2 Å². The average Bonchev–Trinajstić information content (AvgIpc) is 3.01. The van der Waals surface area contributed by atoms with Gasteiger partial charge in [0.05, 0.1) is 5.56 Å². The normalized spacial score (nSPS) is 11.6. The molecule has 0 amide bonds. The van der Waals surface area contributed by atoms with E-state index < -0.39 is 11.7 Å². The van der Waals surface area contributed by atoms with Crippen molar-refractivity contribution < 1.29 is 13.2 Å². The number of aromatic nitrogens is 3. The van der Waals surface area contributed by atoms with Gasteiger partial charge in [0.25, 0.3) is 0 Å². The molecule has 0 radical (unpaired) electrons. The molecule has 1 aromatic carbocycles. The largest absolute Gasteiger partial charge is 0.416 e. The molecule has 21 heavy (non-hydrogen) atoms. The fourth-order valence-corrected chi connectivity index (χ4v) is 2.41. The highest BCUT2D eigenvalue weighted by atomic mass is 32.1. The van der Waals surface area contributed by atoms with Crippen LogP contribution in [0.25, 0.3) is 22.8 Å². The van der Waals surface area contributed by atoms with Gasteiger partial charge in [-0.05, 0) is 23.6 Å². The number of hydrogen-bond donors (Lipinski definition) is 0.